The highest BCUT2D eigenvalue weighted by Crippen LogP contribution is 2.19. The molecule has 0 aromatic heterocycles. The zero-order valence-electron chi connectivity index (χ0n) is 15.8. The molecule has 136 valence electrons. The highest BCUT2D eigenvalue weighted by atomic mass is 16.5. The molecule has 1 fully saturated rings. The molecule has 4 heteroatoms. The van der Waals surface area contributed by atoms with Gasteiger partial charge in [0.05, 0.1) is 0 Å². The summed E-state index contributed by atoms with van der Waals surface area (Å²) in [5.74, 6) is 0.864. The lowest BCUT2D eigenvalue weighted by Gasteiger charge is -2.36. The molecule has 0 spiro atoms. The van der Waals surface area contributed by atoms with Crippen molar-refractivity contribution in [3.8, 4) is 5.75 Å². The van der Waals surface area contributed by atoms with Gasteiger partial charge in [-0.15, -0.1) is 0 Å². The van der Waals surface area contributed by atoms with Crippen molar-refractivity contribution in [3.63, 3.8) is 0 Å². The van der Waals surface area contributed by atoms with Crippen LogP contribution in [0.15, 0.2) is 24.3 Å². The third-order valence-corrected chi connectivity index (χ3v) is 4.64. The lowest BCUT2D eigenvalue weighted by molar-refractivity contribution is 0.0441. The van der Waals surface area contributed by atoms with Gasteiger partial charge in [-0.3, -0.25) is 4.90 Å². The molecule has 1 aromatic carbocycles. The van der Waals surface area contributed by atoms with Gasteiger partial charge in [-0.2, -0.15) is 0 Å². The lowest BCUT2D eigenvalue weighted by atomic mass is 9.92. The predicted octanol–water partition coefficient (Wildman–Crippen LogP) is 2.79. The van der Waals surface area contributed by atoms with Crippen molar-refractivity contribution in [1.82, 2.24) is 9.80 Å². The van der Waals surface area contributed by atoms with Crippen LogP contribution >= 0.6 is 0 Å². The molecule has 1 unspecified atom stereocenters. The fourth-order valence-electron chi connectivity index (χ4n) is 2.94. The van der Waals surface area contributed by atoms with Gasteiger partial charge in [0.15, 0.2) is 0 Å². The molecule has 1 aliphatic heterocycles. The summed E-state index contributed by atoms with van der Waals surface area (Å²) in [5.41, 5.74) is 1.51. The summed E-state index contributed by atoms with van der Waals surface area (Å²) in [5, 5.41) is 10.2. The van der Waals surface area contributed by atoms with Crippen LogP contribution in [0.4, 0.5) is 0 Å². The molecule has 1 aromatic rings. The number of ether oxygens (including phenoxy) is 1. The summed E-state index contributed by atoms with van der Waals surface area (Å²) in [6.07, 6.45) is 0.797. The second-order valence-electron chi connectivity index (χ2n) is 8.18. The van der Waals surface area contributed by atoms with Crippen molar-refractivity contribution in [2.75, 3.05) is 45.9 Å². The van der Waals surface area contributed by atoms with E-state index >= 15 is 0 Å². The van der Waals surface area contributed by atoms with Crippen molar-refractivity contribution >= 4 is 0 Å². The van der Waals surface area contributed by atoms with Crippen molar-refractivity contribution in [2.24, 2.45) is 5.41 Å². The SMILES string of the molecule is Cc1ccccc1OCC(O)CN1CCN(CCC(C)(C)C)CC1. The molecule has 1 atom stereocenters. The number of hydrogen-bond acceptors (Lipinski definition) is 4. The molecule has 1 N–H and O–H groups in total. The van der Waals surface area contributed by atoms with E-state index in [1.54, 1.807) is 0 Å². The Hall–Kier alpha value is -1.10. The maximum Gasteiger partial charge on any atom is 0.122 e. The molecule has 4 nitrogen and oxygen atoms in total. The Bertz CT molecular complexity index is 491. The molecular formula is C20H34N2O2. The van der Waals surface area contributed by atoms with Crippen molar-refractivity contribution in [1.29, 1.82) is 0 Å². The van der Waals surface area contributed by atoms with Crippen LogP contribution in [-0.4, -0.2) is 66.9 Å². The summed E-state index contributed by atoms with van der Waals surface area (Å²) in [4.78, 5) is 4.89. The smallest absolute Gasteiger partial charge is 0.122 e. The molecule has 24 heavy (non-hydrogen) atoms. The normalized spacial score (nSPS) is 18.5. The van der Waals surface area contributed by atoms with Gasteiger partial charge in [-0.1, -0.05) is 39.0 Å². The topological polar surface area (TPSA) is 35.9 Å². The summed E-state index contributed by atoms with van der Waals surface area (Å²) in [7, 11) is 0. The highest BCUT2D eigenvalue weighted by Gasteiger charge is 2.21. The number of piperazine rings is 1. The zero-order valence-corrected chi connectivity index (χ0v) is 15.8. The molecule has 0 saturated carbocycles. The third-order valence-electron chi connectivity index (χ3n) is 4.64. The summed E-state index contributed by atoms with van der Waals surface area (Å²) < 4.78 is 5.75. The maximum absolute atomic E-state index is 10.2. The zero-order chi connectivity index (χ0) is 17.6. The third kappa shape index (κ3) is 6.80. The summed E-state index contributed by atoms with van der Waals surface area (Å²) in [6.45, 7) is 15.4. The molecule has 0 radical (unpaired) electrons. The Balaban J connectivity index is 1.65. The lowest BCUT2D eigenvalue weighted by Crippen LogP contribution is -2.49. The molecule has 2 rings (SSSR count). The van der Waals surface area contributed by atoms with Crippen LogP contribution in [0.2, 0.25) is 0 Å². The van der Waals surface area contributed by atoms with E-state index < -0.39 is 6.10 Å². The van der Waals surface area contributed by atoms with Gasteiger partial charge < -0.3 is 14.7 Å². The van der Waals surface area contributed by atoms with E-state index in [2.05, 4.69) is 30.6 Å². The van der Waals surface area contributed by atoms with Crippen LogP contribution in [-0.2, 0) is 0 Å². The van der Waals surface area contributed by atoms with Gasteiger partial charge >= 0.3 is 0 Å². The van der Waals surface area contributed by atoms with Crippen molar-refractivity contribution in [2.45, 2.75) is 40.2 Å². The average Bonchev–Trinajstić information content (AvgIpc) is 2.53. The fraction of sp³-hybridized carbons (Fsp3) is 0.700. The van der Waals surface area contributed by atoms with Crippen molar-refractivity contribution < 1.29 is 9.84 Å². The first-order valence-corrected chi connectivity index (χ1v) is 9.15. The highest BCUT2D eigenvalue weighted by molar-refractivity contribution is 5.31. The van der Waals surface area contributed by atoms with E-state index in [1.165, 1.54) is 13.0 Å². The molecule has 1 heterocycles. The van der Waals surface area contributed by atoms with E-state index in [9.17, 15) is 5.11 Å². The van der Waals surface area contributed by atoms with Crippen LogP contribution in [0.5, 0.6) is 5.75 Å². The first-order chi connectivity index (χ1) is 11.3. The van der Waals surface area contributed by atoms with Crippen LogP contribution in [0.25, 0.3) is 0 Å². The number of β-amino-alcohol motifs (C(OH)–C–C–N with tert-alkyl or cyclic N) is 1. The van der Waals surface area contributed by atoms with E-state index in [-0.39, 0.29) is 0 Å². The summed E-state index contributed by atoms with van der Waals surface area (Å²) in [6, 6.07) is 7.94. The largest absolute Gasteiger partial charge is 0.491 e. The first-order valence-electron chi connectivity index (χ1n) is 9.15. The molecule has 0 amide bonds. The van der Waals surface area contributed by atoms with E-state index in [1.807, 2.05) is 31.2 Å². The molecule has 1 aliphatic rings. The Kier molecular flexibility index (Phi) is 7.08. The van der Waals surface area contributed by atoms with Gasteiger partial charge in [0.1, 0.15) is 18.5 Å². The number of para-hydroxylation sites is 1. The minimum Gasteiger partial charge on any atom is -0.491 e. The number of aryl methyl sites for hydroxylation is 1. The number of nitrogens with zero attached hydrogens (tertiary/aromatic N) is 2. The molecular weight excluding hydrogens is 300 g/mol. The Morgan fingerprint density at radius 1 is 1.08 bits per heavy atom. The van der Waals surface area contributed by atoms with E-state index in [0.29, 0.717) is 18.6 Å². The number of benzene rings is 1. The summed E-state index contributed by atoms with van der Waals surface area (Å²) >= 11 is 0. The number of hydrogen-bond donors (Lipinski definition) is 1. The van der Waals surface area contributed by atoms with Crippen LogP contribution in [0.3, 0.4) is 0 Å². The van der Waals surface area contributed by atoms with Gasteiger partial charge in [0.25, 0.3) is 0 Å². The Labute approximate surface area is 147 Å². The van der Waals surface area contributed by atoms with E-state index in [0.717, 1.165) is 37.5 Å². The molecule has 0 bridgehead atoms. The quantitative estimate of drug-likeness (QED) is 0.832. The van der Waals surface area contributed by atoms with Crippen LogP contribution < -0.4 is 4.74 Å². The molecule has 1 saturated heterocycles. The van der Waals surface area contributed by atoms with Crippen molar-refractivity contribution in [3.05, 3.63) is 29.8 Å². The average molecular weight is 335 g/mol. The van der Waals surface area contributed by atoms with Crippen LogP contribution in [0, 0.1) is 12.3 Å². The van der Waals surface area contributed by atoms with Gasteiger partial charge in [0, 0.05) is 32.7 Å². The first kappa shape index (κ1) is 19.2. The minimum absolute atomic E-state index is 0.356. The Morgan fingerprint density at radius 2 is 1.71 bits per heavy atom. The van der Waals surface area contributed by atoms with E-state index in [4.69, 9.17) is 4.74 Å². The predicted molar refractivity (Wildman–Crippen MR) is 99.6 cm³/mol. The minimum atomic E-state index is -0.439. The van der Waals surface area contributed by atoms with Gasteiger partial charge in [-0.25, -0.2) is 0 Å². The fourth-order valence-corrected chi connectivity index (χ4v) is 2.94. The Morgan fingerprint density at radius 3 is 2.33 bits per heavy atom. The number of aliphatic hydroxyl groups excluding tert-OH is 1. The second kappa shape index (κ2) is 8.84. The number of aliphatic hydroxyl groups is 1. The van der Waals surface area contributed by atoms with Gasteiger partial charge in [0.2, 0.25) is 0 Å². The number of rotatable bonds is 7. The van der Waals surface area contributed by atoms with Gasteiger partial charge in [-0.05, 0) is 36.9 Å². The standard InChI is InChI=1S/C20H34N2O2/c1-17-7-5-6-8-19(17)24-16-18(23)15-22-13-11-21(12-14-22)10-9-20(2,3)4/h5-8,18,23H,9-16H2,1-4H3. The molecule has 0 aliphatic carbocycles. The second-order valence-corrected chi connectivity index (χ2v) is 8.18. The monoisotopic (exact) mass is 334 g/mol. The maximum atomic E-state index is 10.2. The van der Waals surface area contributed by atoms with Crippen LogP contribution in [0.1, 0.15) is 32.8 Å².